The van der Waals surface area contributed by atoms with E-state index in [1.54, 1.807) is 18.7 Å². The third kappa shape index (κ3) is 2.76. The fourth-order valence-corrected chi connectivity index (χ4v) is 8.14. The van der Waals surface area contributed by atoms with E-state index < -0.39 is 0 Å². The van der Waals surface area contributed by atoms with Crippen LogP contribution in [0, 0.1) is 34.5 Å². The number of fused-ring (bicyclic) bond motifs is 5. The molecule has 4 aliphatic rings. The molecule has 0 unspecified atom stereocenters. The molecular weight excluding hydrogens is 328 g/mol. The fourth-order valence-electron chi connectivity index (χ4n) is 7.16. The van der Waals surface area contributed by atoms with Gasteiger partial charge < -0.3 is 0 Å². The molecule has 0 N–H and O–H groups in total. The monoisotopic (exact) mass is 360 g/mol. The van der Waals surface area contributed by atoms with Crippen LogP contribution in [0.25, 0.3) is 0 Å². The largest absolute Gasteiger partial charge is 0.295 e. The van der Waals surface area contributed by atoms with E-state index >= 15 is 0 Å². The van der Waals surface area contributed by atoms with E-state index in [9.17, 15) is 9.59 Å². The Kier molecular flexibility index (Phi) is 4.46. The first-order valence-electron chi connectivity index (χ1n) is 10.2. The third-order valence-corrected chi connectivity index (χ3v) is 9.62. The van der Waals surface area contributed by atoms with Crippen LogP contribution in [0.2, 0.25) is 0 Å². The predicted molar refractivity (Wildman–Crippen MR) is 103 cm³/mol. The van der Waals surface area contributed by atoms with E-state index in [0.29, 0.717) is 17.1 Å². The molecule has 4 rings (SSSR count). The molecule has 0 heterocycles. The van der Waals surface area contributed by atoms with Crippen molar-refractivity contribution in [2.75, 3.05) is 5.75 Å². The summed E-state index contributed by atoms with van der Waals surface area (Å²) in [6, 6.07) is 0. The van der Waals surface area contributed by atoms with Gasteiger partial charge in [0.15, 0.2) is 10.9 Å². The number of carbonyl (C=O) groups excluding carboxylic acids is 2. The van der Waals surface area contributed by atoms with Crippen molar-refractivity contribution in [2.45, 2.75) is 72.1 Å². The lowest BCUT2D eigenvalue weighted by atomic mass is 9.47. The normalized spacial score (nSPS) is 46.0. The van der Waals surface area contributed by atoms with Gasteiger partial charge in [-0.2, -0.15) is 0 Å². The Bertz CT molecular complexity index is 624. The molecule has 2 nitrogen and oxygen atoms in total. The number of hydrogen-bond acceptors (Lipinski definition) is 3. The first-order valence-corrected chi connectivity index (χ1v) is 11.2. The van der Waals surface area contributed by atoms with Crippen LogP contribution in [0.1, 0.15) is 72.1 Å². The minimum atomic E-state index is 0.271. The Morgan fingerprint density at radius 2 is 1.92 bits per heavy atom. The lowest BCUT2D eigenvalue weighted by molar-refractivity contribution is -0.117. The number of rotatable bonds is 2. The molecule has 0 aromatic carbocycles. The van der Waals surface area contributed by atoms with Gasteiger partial charge in [0.05, 0.1) is 0 Å². The van der Waals surface area contributed by atoms with Gasteiger partial charge in [0.2, 0.25) is 0 Å². The topological polar surface area (TPSA) is 34.1 Å². The van der Waals surface area contributed by atoms with Crippen molar-refractivity contribution in [3.63, 3.8) is 0 Å². The lowest BCUT2D eigenvalue weighted by Crippen LogP contribution is -2.50. The summed E-state index contributed by atoms with van der Waals surface area (Å²) < 4.78 is 0. The molecule has 6 atom stereocenters. The Balaban J connectivity index is 1.57. The summed E-state index contributed by atoms with van der Waals surface area (Å²) in [4.78, 5) is 23.4. The fraction of sp³-hybridized carbons (Fsp3) is 0.818. The standard InChI is InChI=1S/C22H32O2S/c1-14(23)25-13-16-5-7-19-18-6-4-15-12-17(24)8-10-21(15,2)20(18)9-11-22(16,19)3/h12,16,18-20H,4-11,13H2,1-3H3/t16-,18+,19+,20+,21+,22-/m1/s1. The average Bonchev–Trinajstić information content (AvgIpc) is 2.90. The van der Waals surface area contributed by atoms with E-state index in [-0.39, 0.29) is 10.5 Å². The van der Waals surface area contributed by atoms with Gasteiger partial charge in [-0.25, -0.2) is 0 Å². The van der Waals surface area contributed by atoms with Gasteiger partial charge in [0, 0.05) is 19.1 Å². The summed E-state index contributed by atoms with van der Waals surface area (Å²) in [5.41, 5.74) is 2.19. The highest BCUT2D eigenvalue weighted by atomic mass is 32.2. The van der Waals surface area contributed by atoms with Crippen LogP contribution in [0.5, 0.6) is 0 Å². The summed E-state index contributed by atoms with van der Waals surface area (Å²) >= 11 is 1.54. The highest BCUT2D eigenvalue weighted by molar-refractivity contribution is 8.13. The Morgan fingerprint density at radius 3 is 2.68 bits per heavy atom. The summed E-state index contributed by atoms with van der Waals surface area (Å²) in [7, 11) is 0. The van der Waals surface area contributed by atoms with Crippen LogP contribution in [0.15, 0.2) is 11.6 Å². The quantitative estimate of drug-likeness (QED) is 0.660. The molecule has 0 radical (unpaired) electrons. The van der Waals surface area contributed by atoms with Gasteiger partial charge in [0.25, 0.3) is 0 Å². The maximum absolute atomic E-state index is 11.9. The smallest absolute Gasteiger partial charge is 0.185 e. The molecule has 3 heteroatoms. The molecule has 0 saturated heterocycles. The molecule has 3 saturated carbocycles. The summed E-state index contributed by atoms with van der Waals surface area (Å²) in [5, 5.41) is 0.271. The molecule has 0 aromatic heterocycles. The molecule has 4 aliphatic carbocycles. The van der Waals surface area contributed by atoms with Gasteiger partial charge in [-0.3, -0.25) is 9.59 Å². The zero-order chi connectivity index (χ0) is 17.8. The Hall–Kier alpha value is -0.570. The van der Waals surface area contributed by atoms with E-state index in [2.05, 4.69) is 13.8 Å². The van der Waals surface area contributed by atoms with Crippen LogP contribution in [-0.4, -0.2) is 16.7 Å². The van der Waals surface area contributed by atoms with Crippen molar-refractivity contribution in [1.29, 1.82) is 0 Å². The second-order valence-corrected chi connectivity index (χ2v) is 10.8. The van der Waals surface area contributed by atoms with Gasteiger partial charge in [-0.1, -0.05) is 31.2 Å². The van der Waals surface area contributed by atoms with Crippen molar-refractivity contribution < 1.29 is 9.59 Å². The SMILES string of the molecule is CC(=O)SC[C@H]1CC[C@H]2[C@@H]3CCC4=CC(=O)CC[C@]4(C)[C@H]3CC[C@]12C. The number of allylic oxidation sites excluding steroid dienone is 1. The van der Waals surface area contributed by atoms with Crippen LogP contribution < -0.4 is 0 Å². The second kappa shape index (κ2) is 6.25. The molecule has 3 fully saturated rings. The van der Waals surface area contributed by atoms with Gasteiger partial charge in [-0.05, 0) is 85.5 Å². The molecule has 0 amide bonds. The maximum atomic E-state index is 11.9. The molecule has 0 spiro atoms. The average molecular weight is 361 g/mol. The second-order valence-electron chi connectivity index (χ2n) is 9.59. The van der Waals surface area contributed by atoms with Crippen molar-refractivity contribution in [1.82, 2.24) is 0 Å². The summed E-state index contributed by atoms with van der Waals surface area (Å²) in [6.07, 6.45) is 11.6. The van der Waals surface area contributed by atoms with E-state index in [4.69, 9.17) is 0 Å². The van der Waals surface area contributed by atoms with Gasteiger partial charge in [0.1, 0.15) is 0 Å². The van der Waals surface area contributed by atoms with E-state index in [1.165, 1.54) is 37.7 Å². The molecule has 25 heavy (non-hydrogen) atoms. The van der Waals surface area contributed by atoms with Crippen molar-refractivity contribution in [3.05, 3.63) is 11.6 Å². The third-order valence-electron chi connectivity index (χ3n) is 8.65. The van der Waals surface area contributed by atoms with Crippen LogP contribution in [0.3, 0.4) is 0 Å². The Labute approximate surface area is 156 Å². The number of carbonyl (C=O) groups is 2. The number of thioether (sulfide) groups is 1. The molecule has 0 aromatic rings. The van der Waals surface area contributed by atoms with E-state index in [1.807, 2.05) is 6.08 Å². The Morgan fingerprint density at radius 1 is 1.12 bits per heavy atom. The van der Waals surface area contributed by atoms with Crippen LogP contribution in [0.4, 0.5) is 0 Å². The molecule has 138 valence electrons. The number of hydrogen-bond donors (Lipinski definition) is 0. The zero-order valence-corrected chi connectivity index (χ0v) is 16.8. The van der Waals surface area contributed by atoms with Gasteiger partial charge in [-0.15, -0.1) is 0 Å². The molecule has 0 aliphatic heterocycles. The van der Waals surface area contributed by atoms with Crippen LogP contribution >= 0.6 is 11.8 Å². The number of ketones is 1. The first kappa shape index (κ1) is 17.8. The highest BCUT2D eigenvalue weighted by Crippen LogP contribution is 2.66. The maximum Gasteiger partial charge on any atom is 0.185 e. The first-order chi connectivity index (χ1) is 11.8. The van der Waals surface area contributed by atoms with Crippen molar-refractivity contribution in [3.8, 4) is 0 Å². The highest BCUT2D eigenvalue weighted by Gasteiger charge is 2.58. The molecular formula is C22H32O2S. The minimum absolute atomic E-state index is 0.271. The zero-order valence-electron chi connectivity index (χ0n) is 16.0. The summed E-state index contributed by atoms with van der Waals surface area (Å²) in [5.74, 6) is 4.54. The van der Waals surface area contributed by atoms with E-state index in [0.717, 1.165) is 42.8 Å². The minimum Gasteiger partial charge on any atom is -0.295 e. The summed E-state index contributed by atoms with van der Waals surface area (Å²) in [6.45, 7) is 6.70. The van der Waals surface area contributed by atoms with Crippen LogP contribution in [-0.2, 0) is 9.59 Å². The van der Waals surface area contributed by atoms with Crippen molar-refractivity contribution in [2.24, 2.45) is 34.5 Å². The predicted octanol–water partition coefficient (Wildman–Crippen LogP) is 5.41. The molecule has 0 bridgehead atoms. The van der Waals surface area contributed by atoms with Crippen molar-refractivity contribution >= 4 is 22.7 Å². The lowest BCUT2D eigenvalue weighted by Gasteiger charge is -2.58. The van der Waals surface area contributed by atoms with Gasteiger partial charge >= 0.3 is 0 Å².